The second kappa shape index (κ2) is 5.50. The van der Waals surface area contributed by atoms with E-state index in [4.69, 9.17) is 8.83 Å². The third-order valence-electron chi connectivity index (χ3n) is 2.76. The molecule has 0 atom stereocenters. The van der Waals surface area contributed by atoms with Crippen LogP contribution in [0.15, 0.2) is 48.1 Å². The van der Waals surface area contributed by atoms with Gasteiger partial charge in [0.15, 0.2) is 0 Å². The van der Waals surface area contributed by atoms with E-state index in [-0.39, 0.29) is 5.88 Å². The van der Waals surface area contributed by atoms with Gasteiger partial charge in [-0.05, 0) is 52.3 Å². The molecule has 7 heteroatoms. The van der Waals surface area contributed by atoms with E-state index in [1.165, 1.54) is 12.1 Å². The van der Waals surface area contributed by atoms with Crippen molar-refractivity contribution in [1.82, 2.24) is 0 Å². The Morgan fingerprint density at radius 2 is 1.81 bits per heavy atom. The van der Waals surface area contributed by atoms with Crippen LogP contribution in [0.25, 0.3) is 23.1 Å². The van der Waals surface area contributed by atoms with Crippen molar-refractivity contribution >= 4 is 60.9 Å². The molecule has 1 aromatic carbocycles. The molecular formula is C14H7Br2NO4. The lowest BCUT2D eigenvalue weighted by molar-refractivity contribution is -0.402. The van der Waals surface area contributed by atoms with E-state index >= 15 is 0 Å². The highest BCUT2D eigenvalue weighted by Crippen LogP contribution is 2.31. The van der Waals surface area contributed by atoms with Crippen molar-refractivity contribution in [3.8, 4) is 0 Å². The quantitative estimate of drug-likeness (QED) is 0.413. The molecule has 0 saturated carbocycles. The van der Waals surface area contributed by atoms with Crippen LogP contribution in [-0.4, -0.2) is 4.92 Å². The minimum atomic E-state index is -0.576. The highest BCUT2D eigenvalue weighted by molar-refractivity contribution is 9.11. The van der Waals surface area contributed by atoms with Crippen LogP contribution in [0, 0.1) is 10.1 Å². The summed E-state index contributed by atoms with van der Waals surface area (Å²) in [4.78, 5) is 9.96. The van der Waals surface area contributed by atoms with Crippen molar-refractivity contribution in [2.75, 3.05) is 0 Å². The summed E-state index contributed by atoms with van der Waals surface area (Å²) in [5, 5.41) is 11.5. The number of halogens is 2. The number of hydrogen-bond donors (Lipinski definition) is 0. The fourth-order valence-corrected chi connectivity index (χ4v) is 3.21. The van der Waals surface area contributed by atoms with Gasteiger partial charge < -0.3 is 8.83 Å². The largest absolute Gasteiger partial charge is 0.456 e. The van der Waals surface area contributed by atoms with Crippen molar-refractivity contribution in [3.63, 3.8) is 0 Å². The van der Waals surface area contributed by atoms with E-state index in [9.17, 15) is 10.1 Å². The zero-order valence-corrected chi connectivity index (χ0v) is 13.5. The molecule has 2 heterocycles. The van der Waals surface area contributed by atoms with Gasteiger partial charge in [-0.1, -0.05) is 15.9 Å². The molecule has 2 aromatic heterocycles. The summed E-state index contributed by atoms with van der Waals surface area (Å²) in [5.41, 5.74) is 0.739. The number of nitrogens with zero attached hydrogens (tertiary/aromatic N) is 1. The Balaban J connectivity index is 1.92. The maximum Gasteiger partial charge on any atom is 0.433 e. The van der Waals surface area contributed by atoms with Gasteiger partial charge in [0.25, 0.3) is 0 Å². The predicted octanol–water partition coefficient (Wildman–Crippen LogP) is 5.63. The van der Waals surface area contributed by atoms with Gasteiger partial charge >= 0.3 is 5.88 Å². The summed E-state index contributed by atoms with van der Waals surface area (Å²) in [6, 6.07) is 8.56. The number of benzene rings is 1. The molecule has 3 rings (SSSR count). The van der Waals surface area contributed by atoms with Crippen LogP contribution in [0.4, 0.5) is 5.88 Å². The Bertz CT molecular complexity index is 863. The average Bonchev–Trinajstić information content (AvgIpc) is 3.02. The molecule has 106 valence electrons. The van der Waals surface area contributed by atoms with Crippen LogP contribution in [-0.2, 0) is 0 Å². The summed E-state index contributed by atoms with van der Waals surface area (Å²) < 4.78 is 12.5. The van der Waals surface area contributed by atoms with Gasteiger partial charge in [-0.3, -0.25) is 10.1 Å². The standard InChI is InChI=1S/C14H7Br2NO4/c15-9-5-8-6-11(21-14(8)12(16)7-9)2-1-10-3-4-13(20-10)17(18)19/h1-7H. The Morgan fingerprint density at radius 1 is 1.05 bits per heavy atom. The molecule has 0 amide bonds. The summed E-state index contributed by atoms with van der Waals surface area (Å²) in [6.45, 7) is 0. The first kappa shape index (κ1) is 14.1. The lowest BCUT2D eigenvalue weighted by atomic mass is 10.2. The van der Waals surface area contributed by atoms with Crippen LogP contribution in [0.5, 0.6) is 0 Å². The first-order chi connectivity index (χ1) is 10.0. The molecule has 0 radical (unpaired) electrons. The van der Waals surface area contributed by atoms with Gasteiger partial charge in [0.05, 0.1) is 10.5 Å². The summed E-state index contributed by atoms with van der Waals surface area (Å²) in [5.74, 6) is 0.733. The van der Waals surface area contributed by atoms with Crippen LogP contribution >= 0.6 is 31.9 Å². The predicted molar refractivity (Wildman–Crippen MR) is 85.9 cm³/mol. The van der Waals surface area contributed by atoms with Crippen LogP contribution in [0.3, 0.4) is 0 Å². The number of furan rings is 2. The van der Waals surface area contributed by atoms with E-state index in [1.54, 1.807) is 12.2 Å². The third kappa shape index (κ3) is 2.93. The lowest BCUT2D eigenvalue weighted by Gasteiger charge is -1.93. The molecule has 0 unspecified atom stereocenters. The zero-order chi connectivity index (χ0) is 15.0. The maximum absolute atomic E-state index is 10.5. The lowest BCUT2D eigenvalue weighted by Crippen LogP contribution is -1.82. The highest BCUT2D eigenvalue weighted by Gasteiger charge is 2.10. The van der Waals surface area contributed by atoms with Crippen LogP contribution in [0.2, 0.25) is 0 Å². The van der Waals surface area contributed by atoms with Crippen molar-refractivity contribution in [2.24, 2.45) is 0 Å². The Kier molecular flexibility index (Phi) is 3.69. The molecule has 5 nitrogen and oxygen atoms in total. The first-order valence-electron chi connectivity index (χ1n) is 5.84. The highest BCUT2D eigenvalue weighted by atomic mass is 79.9. The van der Waals surface area contributed by atoms with Crippen molar-refractivity contribution in [1.29, 1.82) is 0 Å². The third-order valence-corrected chi connectivity index (χ3v) is 3.81. The van der Waals surface area contributed by atoms with Crippen molar-refractivity contribution in [3.05, 3.63) is 60.9 Å². The summed E-state index contributed by atoms with van der Waals surface area (Å²) in [7, 11) is 0. The smallest absolute Gasteiger partial charge is 0.433 e. The van der Waals surface area contributed by atoms with E-state index in [1.807, 2.05) is 18.2 Å². The minimum absolute atomic E-state index is 0.286. The first-order valence-corrected chi connectivity index (χ1v) is 7.42. The number of rotatable bonds is 3. The van der Waals surface area contributed by atoms with Gasteiger partial charge in [-0.15, -0.1) is 0 Å². The monoisotopic (exact) mass is 411 g/mol. The Labute approximate surface area is 135 Å². The van der Waals surface area contributed by atoms with E-state index < -0.39 is 4.92 Å². The SMILES string of the molecule is O=[N+]([O-])c1ccc(C=Cc2cc3cc(Br)cc(Br)c3o2)o1. The van der Waals surface area contributed by atoms with Gasteiger partial charge in [0, 0.05) is 9.86 Å². The van der Waals surface area contributed by atoms with Gasteiger partial charge in [0.1, 0.15) is 22.0 Å². The van der Waals surface area contributed by atoms with E-state index in [0.717, 1.165) is 19.9 Å². The van der Waals surface area contributed by atoms with Gasteiger partial charge in [0.2, 0.25) is 0 Å². The average molecular weight is 413 g/mol. The van der Waals surface area contributed by atoms with Crippen LogP contribution < -0.4 is 0 Å². The number of nitro groups is 1. The summed E-state index contributed by atoms with van der Waals surface area (Å²) in [6.07, 6.45) is 3.32. The molecule has 21 heavy (non-hydrogen) atoms. The second-order valence-electron chi connectivity index (χ2n) is 4.22. The fraction of sp³-hybridized carbons (Fsp3) is 0. The Morgan fingerprint density at radius 3 is 2.52 bits per heavy atom. The number of fused-ring (bicyclic) bond motifs is 1. The van der Waals surface area contributed by atoms with Crippen molar-refractivity contribution < 1.29 is 13.8 Å². The molecular weight excluding hydrogens is 406 g/mol. The van der Waals surface area contributed by atoms with Crippen molar-refractivity contribution in [2.45, 2.75) is 0 Å². The van der Waals surface area contributed by atoms with E-state index in [0.29, 0.717) is 11.5 Å². The normalized spacial score (nSPS) is 11.5. The fourth-order valence-electron chi connectivity index (χ4n) is 1.87. The molecule has 0 aliphatic heterocycles. The Hall–Kier alpha value is -1.86. The zero-order valence-electron chi connectivity index (χ0n) is 10.4. The number of hydrogen-bond acceptors (Lipinski definition) is 4. The molecule has 3 aromatic rings. The van der Waals surface area contributed by atoms with Gasteiger partial charge in [-0.2, -0.15) is 0 Å². The topological polar surface area (TPSA) is 69.4 Å². The molecule has 0 N–H and O–H groups in total. The minimum Gasteiger partial charge on any atom is -0.456 e. The van der Waals surface area contributed by atoms with E-state index in [2.05, 4.69) is 31.9 Å². The summed E-state index contributed by atoms with van der Waals surface area (Å²) >= 11 is 6.85. The molecule has 0 spiro atoms. The van der Waals surface area contributed by atoms with Gasteiger partial charge in [-0.25, -0.2) is 0 Å². The van der Waals surface area contributed by atoms with Crippen LogP contribution in [0.1, 0.15) is 11.5 Å². The molecule has 0 fully saturated rings. The molecule has 0 aliphatic carbocycles. The second-order valence-corrected chi connectivity index (χ2v) is 5.99. The molecule has 0 aliphatic rings. The maximum atomic E-state index is 10.5. The molecule has 0 saturated heterocycles. The molecule has 0 bridgehead atoms.